The lowest BCUT2D eigenvalue weighted by Gasteiger charge is -2.13. The standard InChI is InChI=1S/C22H20ClN3O2/c1-26(2)20-12-10-19(11-13-20)25-22(28)16-5-3-4-15(14-16)21(27)24-18-8-6-17(23)7-9-18/h3-14H,1-2H3,(H,24,27)(H,25,28). The molecule has 0 spiro atoms. The molecule has 0 aliphatic carbocycles. The minimum Gasteiger partial charge on any atom is -0.378 e. The molecule has 2 N–H and O–H groups in total. The van der Waals surface area contributed by atoms with Gasteiger partial charge >= 0.3 is 0 Å². The fourth-order valence-corrected chi connectivity index (χ4v) is 2.71. The Labute approximate surface area is 168 Å². The first-order chi connectivity index (χ1) is 13.4. The summed E-state index contributed by atoms with van der Waals surface area (Å²) in [5.41, 5.74) is 3.15. The molecule has 0 unspecified atom stereocenters. The van der Waals surface area contributed by atoms with Crippen molar-refractivity contribution in [2.24, 2.45) is 0 Å². The fourth-order valence-electron chi connectivity index (χ4n) is 2.58. The maximum atomic E-state index is 12.5. The summed E-state index contributed by atoms with van der Waals surface area (Å²) >= 11 is 5.85. The summed E-state index contributed by atoms with van der Waals surface area (Å²) in [5, 5.41) is 6.22. The highest BCUT2D eigenvalue weighted by Gasteiger charge is 2.11. The molecular formula is C22H20ClN3O2. The highest BCUT2D eigenvalue weighted by molar-refractivity contribution is 6.30. The first kappa shape index (κ1) is 19.5. The molecule has 0 radical (unpaired) electrons. The minimum atomic E-state index is -0.299. The molecule has 0 saturated heterocycles. The average molecular weight is 394 g/mol. The van der Waals surface area contributed by atoms with Crippen LogP contribution in [0.1, 0.15) is 20.7 Å². The van der Waals surface area contributed by atoms with Gasteiger partial charge in [0.15, 0.2) is 0 Å². The minimum absolute atomic E-state index is 0.279. The Balaban J connectivity index is 1.70. The Morgan fingerprint density at radius 3 is 1.68 bits per heavy atom. The molecule has 6 heteroatoms. The average Bonchev–Trinajstić information content (AvgIpc) is 2.70. The van der Waals surface area contributed by atoms with Crippen molar-refractivity contribution in [2.45, 2.75) is 0 Å². The Hall–Kier alpha value is -3.31. The lowest BCUT2D eigenvalue weighted by atomic mass is 10.1. The third kappa shape index (κ3) is 4.90. The summed E-state index contributed by atoms with van der Waals surface area (Å²) < 4.78 is 0. The van der Waals surface area contributed by atoms with Crippen LogP contribution in [0.25, 0.3) is 0 Å². The van der Waals surface area contributed by atoms with E-state index in [1.165, 1.54) is 0 Å². The molecule has 3 aromatic carbocycles. The van der Waals surface area contributed by atoms with E-state index < -0.39 is 0 Å². The number of rotatable bonds is 5. The number of hydrogen-bond donors (Lipinski definition) is 2. The lowest BCUT2D eigenvalue weighted by molar-refractivity contribution is 0.102. The van der Waals surface area contributed by atoms with E-state index in [1.807, 2.05) is 43.3 Å². The molecule has 0 aromatic heterocycles. The summed E-state index contributed by atoms with van der Waals surface area (Å²) in [7, 11) is 3.91. The molecule has 0 saturated carbocycles. The number of amides is 2. The number of nitrogens with one attached hydrogen (secondary N) is 2. The predicted octanol–water partition coefficient (Wildman–Crippen LogP) is 4.91. The first-order valence-electron chi connectivity index (χ1n) is 8.68. The van der Waals surface area contributed by atoms with Crippen LogP contribution in [0.2, 0.25) is 5.02 Å². The second-order valence-electron chi connectivity index (χ2n) is 6.44. The summed E-state index contributed by atoms with van der Waals surface area (Å²) in [6, 6.07) is 20.9. The molecule has 0 aliphatic heterocycles. The quantitative estimate of drug-likeness (QED) is 0.647. The van der Waals surface area contributed by atoms with Gasteiger partial charge in [-0.2, -0.15) is 0 Å². The van der Waals surface area contributed by atoms with Crippen LogP contribution in [0.15, 0.2) is 72.8 Å². The van der Waals surface area contributed by atoms with Crippen molar-refractivity contribution in [3.8, 4) is 0 Å². The largest absolute Gasteiger partial charge is 0.378 e. The first-order valence-corrected chi connectivity index (χ1v) is 9.06. The van der Waals surface area contributed by atoms with Crippen LogP contribution in [-0.4, -0.2) is 25.9 Å². The molecule has 0 bridgehead atoms. The third-order valence-corrected chi connectivity index (χ3v) is 4.38. The molecule has 28 heavy (non-hydrogen) atoms. The van der Waals surface area contributed by atoms with Gasteiger partial charge < -0.3 is 15.5 Å². The molecule has 2 amide bonds. The number of hydrogen-bond acceptors (Lipinski definition) is 3. The molecule has 3 rings (SSSR count). The highest BCUT2D eigenvalue weighted by atomic mass is 35.5. The van der Waals surface area contributed by atoms with Gasteiger partial charge in [0.1, 0.15) is 0 Å². The van der Waals surface area contributed by atoms with Crippen LogP contribution in [0, 0.1) is 0 Å². The van der Waals surface area contributed by atoms with E-state index in [0.29, 0.717) is 27.5 Å². The smallest absolute Gasteiger partial charge is 0.255 e. The molecule has 142 valence electrons. The molecule has 5 nitrogen and oxygen atoms in total. The van der Waals surface area contributed by atoms with Gasteiger partial charge in [0.2, 0.25) is 0 Å². The lowest BCUT2D eigenvalue weighted by Crippen LogP contribution is -2.15. The van der Waals surface area contributed by atoms with Gasteiger partial charge in [-0.25, -0.2) is 0 Å². The van der Waals surface area contributed by atoms with E-state index >= 15 is 0 Å². The number of benzene rings is 3. The zero-order valence-electron chi connectivity index (χ0n) is 15.6. The number of anilines is 3. The molecule has 0 aliphatic rings. The summed E-state index contributed by atoms with van der Waals surface area (Å²) in [6.45, 7) is 0. The van der Waals surface area contributed by atoms with Crippen molar-refractivity contribution in [3.05, 3.63) is 88.9 Å². The van der Waals surface area contributed by atoms with E-state index in [1.54, 1.807) is 48.5 Å². The van der Waals surface area contributed by atoms with Gasteiger partial charge in [-0.05, 0) is 66.7 Å². The number of nitrogens with zero attached hydrogens (tertiary/aromatic N) is 1. The van der Waals surface area contributed by atoms with Crippen LogP contribution in [0.4, 0.5) is 17.1 Å². The van der Waals surface area contributed by atoms with Crippen molar-refractivity contribution < 1.29 is 9.59 Å². The summed E-state index contributed by atoms with van der Waals surface area (Å²) in [4.78, 5) is 27.0. The number of carbonyl (C=O) groups is 2. The molecule has 0 atom stereocenters. The number of halogens is 1. The second-order valence-corrected chi connectivity index (χ2v) is 6.87. The van der Waals surface area contributed by atoms with Crippen molar-refractivity contribution >= 4 is 40.5 Å². The summed E-state index contributed by atoms with van der Waals surface area (Å²) in [5.74, 6) is -0.578. The normalized spacial score (nSPS) is 10.2. The summed E-state index contributed by atoms with van der Waals surface area (Å²) in [6.07, 6.45) is 0. The maximum absolute atomic E-state index is 12.5. The van der Waals surface area contributed by atoms with E-state index in [-0.39, 0.29) is 11.8 Å². The predicted molar refractivity (Wildman–Crippen MR) is 115 cm³/mol. The Morgan fingerprint density at radius 2 is 1.21 bits per heavy atom. The highest BCUT2D eigenvalue weighted by Crippen LogP contribution is 2.18. The fraction of sp³-hybridized carbons (Fsp3) is 0.0909. The maximum Gasteiger partial charge on any atom is 0.255 e. The molecule has 0 heterocycles. The SMILES string of the molecule is CN(C)c1ccc(NC(=O)c2cccc(C(=O)Nc3ccc(Cl)cc3)c2)cc1. The Morgan fingerprint density at radius 1 is 0.750 bits per heavy atom. The third-order valence-electron chi connectivity index (χ3n) is 4.13. The van der Waals surface area contributed by atoms with Gasteiger partial charge in [0.05, 0.1) is 0 Å². The van der Waals surface area contributed by atoms with Gasteiger partial charge in [-0.3, -0.25) is 9.59 Å². The van der Waals surface area contributed by atoms with E-state index in [4.69, 9.17) is 11.6 Å². The Bertz CT molecular complexity index is 983. The van der Waals surface area contributed by atoms with Crippen molar-refractivity contribution in [2.75, 3.05) is 29.6 Å². The van der Waals surface area contributed by atoms with Gasteiger partial charge in [0, 0.05) is 47.3 Å². The second kappa shape index (κ2) is 8.59. The van der Waals surface area contributed by atoms with Crippen LogP contribution >= 0.6 is 11.6 Å². The van der Waals surface area contributed by atoms with E-state index in [0.717, 1.165) is 5.69 Å². The van der Waals surface area contributed by atoms with Gasteiger partial charge in [-0.1, -0.05) is 17.7 Å². The van der Waals surface area contributed by atoms with Crippen molar-refractivity contribution in [3.63, 3.8) is 0 Å². The van der Waals surface area contributed by atoms with Crippen LogP contribution in [0.3, 0.4) is 0 Å². The topological polar surface area (TPSA) is 61.4 Å². The molecular weight excluding hydrogens is 374 g/mol. The van der Waals surface area contributed by atoms with Gasteiger partial charge in [0.25, 0.3) is 11.8 Å². The monoisotopic (exact) mass is 393 g/mol. The van der Waals surface area contributed by atoms with Crippen LogP contribution < -0.4 is 15.5 Å². The zero-order chi connectivity index (χ0) is 20.1. The van der Waals surface area contributed by atoms with Crippen molar-refractivity contribution in [1.29, 1.82) is 0 Å². The van der Waals surface area contributed by atoms with Crippen molar-refractivity contribution in [1.82, 2.24) is 0 Å². The van der Waals surface area contributed by atoms with E-state index in [9.17, 15) is 9.59 Å². The van der Waals surface area contributed by atoms with Crippen LogP contribution in [-0.2, 0) is 0 Å². The number of carbonyl (C=O) groups excluding carboxylic acids is 2. The zero-order valence-corrected chi connectivity index (χ0v) is 16.3. The van der Waals surface area contributed by atoms with E-state index in [2.05, 4.69) is 10.6 Å². The van der Waals surface area contributed by atoms with Crippen LogP contribution in [0.5, 0.6) is 0 Å². The molecule has 0 fully saturated rings. The Kier molecular flexibility index (Phi) is 5.96. The van der Waals surface area contributed by atoms with Gasteiger partial charge in [-0.15, -0.1) is 0 Å². The molecule has 3 aromatic rings.